The SMILES string of the molecule is Cc1c(CC(=O)NC2CCCc3c2[nH]c2ccccc32)c(=O)oc2cc(O)ccc12. The van der Waals surface area contributed by atoms with E-state index in [1.165, 1.54) is 17.0 Å². The Hall–Kier alpha value is -3.54. The molecule has 5 rings (SSSR count). The first-order chi connectivity index (χ1) is 14.5. The average molecular weight is 402 g/mol. The highest BCUT2D eigenvalue weighted by atomic mass is 16.4. The highest BCUT2D eigenvalue weighted by Crippen LogP contribution is 2.34. The van der Waals surface area contributed by atoms with Gasteiger partial charge in [-0.1, -0.05) is 18.2 Å². The van der Waals surface area contributed by atoms with Crippen LogP contribution in [0.15, 0.2) is 51.7 Å². The molecule has 1 amide bonds. The van der Waals surface area contributed by atoms with E-state index in [-0.39, 0.29) is 24.1 Å². The number of aryl methyl sites for hydroxylation is 2. The molecular weight excluding hydrogens is 380 g/mol. The van der Waals surface area contributed by atoms with Gasteiger partial charge in [-0.2, -0.15) is 0 Å². The van der Waals surface area contributed by atoms with E-state index >= 15 is 0 Å². The Morgan fingerprint density at radius 3 is 2.93 bits per heavy atom. The van der Waals surface area contributed by atoms with Crippen molar-refractivity contribution in [1.82, 2.24) is 10.3 Å². The molecule has 0 bridgehead atoms. The number of benzene rings is 2. The van der Waals surface area contributed by atoms with Crippen molar-refractivity contribution in [2.75, 3.05) is 0 Å². The van der Waals surface area contributed by atoms with Crippen molar-refractivity contribution in [2.45, 2.75) is 38.6 Å². The maximum Gasteiger partial charge on any atom is 0.340 e. The molecule has 1 unspecified atom stereocenters. The van der Waals surface area contributed by atoms with E-state index in [0.29, 0.717) is 22.1 Å². The molecule has 0 saturated carbocycles. The molecule has 4 aromatic rings. The fourth-order valence-corrected chi connectivity index (χ4v) is 4.55. The molecule has 2 aromatic heterocycles. The van der Waals surface area contributed by atoms with Gasteiger partial charge in [0.25, 0.3) is 0 Å². The molecule has 6 heteroatoms. The Kier molecular flexibility index (Phi) is 4.35. The van der Waals surface area contributed by atoms with Crippen LogP contribution in [0.25, 0.3) is 21.9 Å². The van der Waals surface area contributed by atoms with Crippen molar-refractivity contribution in [2.24, 2.45) is 0 Å². The summed E-state index contributed by atoms with van der Waals surface area (Å²) in [6.45, 7) is 1.80. The first-order valence-electron chi connectivity index (χ1n) is 10.2. The summed E-state index contributed by atoms with van der Waals surface area (Å²) < 4.78 is 5.34. The number of hydrogen-bond donors (Lipinski definition) is 3. The van der Waals surface area contributed by atoms with E-state index in [4.69, 9.17) is 4.42 Å². The van der Waals surface area contributed by atoms with Crippen molar-refractivity contribution in [3.63, 3.8) is 0 Å². The number of aromatic hydroxyl groups is 1. The molecule has 0 fully saturated rings. The standard InChI is InChI=1S/C24H22N2O4/c1-13-15-10-9-14(27)11-21(15)30-24(29)18(13)12-22(28)25-20-8-4-6-17-16-5-2-3-7-19(16)26-23(17)20/h2-3,5,7,9-11,20,26-27H,4,6,8,12H2,1H3,(H,25,28). The molecule has 30 heavy (non-hydrogen) atoms. The molecule has 0 radical (unpaired) electrons. The van der Waals surface area contributed by atoms with Crippen LogP contribution in [0.4, 0.5) is 0 Å². The van der Waals surface area contributed by atoms with Crippen LogP contribution in [0.1, 0.15) is 41.3 Å². The predicted octanol–water partition coefficient (Wildman–Crippen LogP) is 4.02. The minimum Gasteiger partial charge on any atom is -0.508 e. The number of phenolic OH excluding ortho intramolecular Hbond substituents is 1. The minimum absolute atomic E-state index is 0.0296. The van der Waals surface area contributed by atoms with E-state index in [2.05, 4.69) is 16.4 Å². The smallest absolute Gasteiger partial charge is 0.340 e. The third kappa shape index (κ3) is 3.05. The second-order valence-corrected chi connectivity index (χ2v) is 7.93. The molecule has 1 aliphatic rings. The van der Waals surface area contributed by atoms with Crippen molar-refractivity contribution < 1.29 is 14.3 Å². The van der Waals surface area contributed by atoms with E-state index in [1.54, 1.807) is 19.1 Å². The first-order valence-corrected chi connectivity index (χ1v) is 10.2. The molecule has 3 N–H and O–H groups in total. The number of aromatic amines is 1. The quantitative estimate of drug-likeness (QED) is 0.451. The second-order valence-electron chi connectivity index (χ2n) is 7.93. The summed E-state index contributed by atoms with van der Waals surface area (Å²) in [6.07, 6.45) is 2.81. The van der Waals surface area contributed by atoms with Gasteiger partial charge in [0.05, 0.1) is 18.0 Å². The predicted molar refractivity (Wildman–Crippen MR) is 115 cm³/mol. The fourth-order valence-electron chi connectivity index (χ4n) is 4.55. The Balaban J connectivity index is 1.43. The van der Waals surface area contributed by atoms with E-state index in [1.807, 2.05) is 18.2 Å². The van der Waals surface area contributed by atoms with Crippen LogP contribution in [0.5, 0.6) is 5.75 Å². The van der Waals surface area contributed by atoms with Crippen LogP contribution in [0.2, 0.25) is 0 Å². The number of carbonyl (C=O) groups excluding carboxylic acids is 1. The van der Waals surface area contributed by atoms with E-state index < -0.39 is 5.63 Å². The van der Waals surface area contributed by atoms with Crippen LogP contribution in [0, 0.1) is 6.92 Å². The van der Waals surface area contributed by atoms with Gasteiger partial charge in [0.1, 0.15) is 11.3 Å². The monoisotopic (exact) mass is 402 g/mol. The molecule has 2 aromatic carbocycles. The Bertz CT molecular complexity index is 1350. The zero-order valence-corrected chi connectivity index (χ0v) is 16.6. The summed E-state index contributed by atoms with van der Waals surface area (Å²) in [5.41, 5.74) is 4.23. The largest absolute Gasteiger partial charge is 0.508 e. The molecule has 0 saturated heterocycles. The summed E-state index contributed by atoms with van der Waals surface area (Å²) in [5.74, 6) is -0.179. The van der Waals surface area contributed by atoms with E-state index in [9.17, 15) is 14.7 Å². The number of amides is 1. The lowest BCUT2D eigenvalue weighted by atomic mass is 9.91. The van der Waals surface area contributed by atoms with Gasteiger partial charge in [-0.05, 0) is 55.5 Å². The molecule has 2 heterocycles. The molecule has 1 atom stereocenters. The number of carbonyl (C=O) groups is 1. The van der Waals surface area contributed by atoms with Crippen LogP contribution in [0.3, 0.4) is 0 Å². The van der Waals surface area contributed by atoms with Gasteiger partial charge in [-0.3, -0.25) is 4.79 Å². The summed E-state index contributed by atoms with van der Waals surface area (Å²) in [4.78, 5) is 28.8. The summed E-state index contributed by atoms with van der Waals surface area (Å²) in [5, 5.41) is 14.6. The third-order valence-electron chi connectivity index (χ3n) is 6.06. The number of phenols is 1. The van der Waals surface area contributed by atoms with Gasteiger partial charge in [0.15, 0.2) is 0 Å². The lowest BCUT2D eigenvalue weighted by molar-refractivity contribution is -0.121. The van der Waals surface area contributed by atoms with Crippen LogP contribution >= 0.6 is 0 Å². The zero-order valence-electron chi connectivity index (χ0n) is 16.6. The molecular formula is C24H22N2O4. The summed E-state index contributed by atoms with van der Waals surface area (Å²) >= 11 is 0. The average Bonchev–Trinajstić information content (AvgIpc) is 3.11. The van der Waals surface area contributed by atoms with Crippen LogP contribution in [-0.4, -0.2) is 16.0 Å². The molecule has 6 nitrogen and oxygen atoms in total. The van der Waals surface area contributed by atoms with Crippen LogP contribution < -0.4 is 10.9 Å². The second kappa shape index (κ2) is 7.06. The highest BCUT2D eigenvalue weighted by molar-refractivity contribution is 5.87. The normalized spacial score (nSPS) is 16.0. The van der Waals surface area contributed by atoms with Gasteiger partial charge >= 0.3 is 5.63 Å². The lowest BCUT2D eigenvalue weighted by Crippen LogP contribution is -2.33. The summed E-state index contributed by atoms with van der Waals surface area (Å²) in [7, 11) is 0. The van der Waals surface area contributed by atoms with Crippen molar-refractivity contribution in [3.05, 3.63) is 75.3 Å². The van der Waals surface area contributed by atoms with Crippen LogP contribution in [-0.2, 0) is 17.6 Å². The number of H-pyrrole nitrogens is 1. The number of fused-ring (bicyclic) bond motifs is 4. The topological polar surface area (TPSA) is 95.3 Å². The molecule has 152 valence electrons. The highest BCUT2D eigenvalue weighted by Gasteiger charge is 2.26. The lowest BCUT2D eigenvalue weighted by Gasteiger charge is -2.24. The molecule has 0 spiro atoms. The minimum atomic E-state index is -0.546. The van der Waals surface area contributed by atoms with Gasteiger partial charge in [0.2, 0.25) is 5.91 Å². The number of aromatic nitrogens is 1. The maximum absolute atomic E-state index is 12.9. The Labute approximate surface area is 172 Å². The van der Waals surface area contributed by atoms with E-state index in [0.717, 1.165) is 30.5 Å². The zero-order chi connectivity index (χ0) is 20.8. The Morgan fingerprint density at radius 1 is 1.23 bits per heavy atom. The number of hydrogen-bond acceptors (Lipinski definition) is 4. The van der Waals surface area contributed by atoms with Gasteiger partial charge in [-0.25, -0.2) is 4.79 Å². The first kappa shape index (κ1) is 18.5. The van der Waals surface area contributed by atoms with Gasteiger partial charge < -0.3 is 19.8 Å². The number of nitrogens with one attached hydrogen (secondary N) is 2. The fraction of sp³-hybridized carbons (Fsp3) is 0.250. The van der Waals surface area contributed by atoms with Gasteiger partial charge in [0, 0.05) is 28.0 Å². The maximum atomic E-state index is 12.9. The van der Waals surface area contributed by atoms with Crippen molar-refractivity contribution in [1.29, 1.82) is 0 Å². The third-order valence-corrected chi connectivity index (χ3v) is 6.06. The number of para-hydroxylation sites is 1. The van der Waals surface area contributed by atoms with Crippen molar-refractivity contribution in [3.8, 4) is 5.75 Å². The van der Waals surface area contributed by atoms with Crippen molar-refractivity contribution >= 4 is 27.8 Å². The molecule has 1 aliphatic carbocycles. The van der Waals surface area contributed by atoms with Gasteiger partial charge in [-0.15, -0.1) is 0 Å². The molecule has 0 aliphatic heterocycles. The Morgan fingerprint density at radius 2 is 2.07 bits per heavy atom. The number of rotatable bonds is 3. The summed E-state index contributed by atoms with van der Waals surface area (Å²) in [6, 6.07) is 12.7.